The third-order valence-corrected chi connectivity index (χ3v) is 9.43. The van der Waals surface area contributed by atoms with E-state index in [0.29, 0.717) is 5.04 Å². The average Bonchev–Trinajstić information content (AvgIpc) is 2.19. The number of hydrogen-bond acceptors (Lipinski definition) is 0. The van der Waals surface area contributed by atoms with E-state index in [9.17, 15) is 0 Å². The minimum Gasteiger partial charge on any atom is -0.103 e. The van der Waals surface area contributed by atoms with Gasteiger partial charge < -0.3 is 0 Å². The van der Waals surface area contributed by atoms with Crippen LogP contribution in [0.5, 0.6) is 0 Å². The van der Waals surface area contributed by atoms with Crippen LogP contribution in [0.4, 0.5) is 0 Å². The standard InChI is InChI=1S/C16H26Si/c1-7-8-14-9-11-15(12-10-14)13-17(5,6)16(2,3)4/h7,9-12H,1,8,13H2,2-6H3. The summed E-state index contributed by atoms with van der Waals surface area (Å²) in [7, 11) is -1.20. The van der Waals surface area contributed by atoms with Gasteiger partial charge in [-0.1, -0.05) is 69.8 Å². The molecule has 0 aliphatic carbocycles. The molecule has 0 fully saturated rings. The highest BCUT2D eigenvalue weighted by Gasteiger charge is 2.34. The fourth-order valence-electron chi connectivity index (χ4n) is 1.74. The van der Waals surface area contributed by atoms with Gasteiger partial charge in [0.2, 0.25) is 0 Å². The highest BCUT2D eigenvalue weighted by atomic mass is 28.3. The molecule has 0 nitrogen and oxygen atoms in total. The Bertz CT molecular complexity index is 366. The van der Waals surface area contributed by atoms with Crippen LogP contribution in [0.15, 0.2) is 36.9 Å². The molecule has 0 saturated carbocycles. The summed E-state index contributed by atoms with van der Waals surface area (Å²) >= 11 is 0. The Balaban J connectivity index is 2.79. The van der Waals surface area contributed by atoms with Gasteiger partial charge in [-0.15, -0.1) is 6.58 Å². The maximum atomic E-state index is 3.78. The van der Waals surface area contributed by atoms with E-state index in [1.165, 1.54) is 17.2 Å². The second kappa shape index (κ2) is 5.22. The second-order valence-corrected chi connectivity index (χ2v) is 12.2. The number of hydrogen-bond donors (Lipinski definition) is 0. The lowest BCUT2D eigenvalue weighted by molar-refractivity contribution is 0.714. The molecule has 1 aromatic carbocycles. The van der Waals surface area contributed by atoms with Crippen molar-refractivity contribution in [1.29, 1.82) is 0 Å². The van der Waals surface area contributed by atoms with Gasteiger partial charge in [0.15, 0.2) is 0 Å². The summed E-state index contributed by atoms with van der Waals surface area (Å²) in [4.78, 5) is 0. The summed E-state index contributed by atoms with van der Waals surface area (Å²) in [6.45, 7) is 15.9. The summed E-state index contributed by atoms with van der Waals surface area (Å²) in [6.07, 6.45) is 2.93. The highest BCUT2D eigenvalue weighted by molar-refractivity contribution is 6.79. The third-order valence-electron chi connectivity index (χ3n) is 4.08. The molecule has 0 atom stereocenters. The van der Waals surface area contributed by atoms with Crippen LogP contribution in [0.2, 0.25) is 18.1 Å². The summed E-state index contributed by atoms with van der Waals surface area (Å²) in [6, 6.07) is 10.3. The lowest BCUT2D eigenvalue weighted by Crippen LogP contribution is -2.39. The molecule has 0 aromatic heterocycles. The van der Waals surface area contributed by atoms with E-state index in [4.69, 9.17) is 0 Å². The van der Waals surface area contributed by atoms with Gasteiger partial charge in [-0.25, -0.2) is 0 Å². The summed E-state index contributed by atoms with van der Waals surface area (Å²) in [5.74, 6) is 0. The van der Waals surface area contributed by atoms with Gasteiger partial charge in [0.05, 0.1) is 8.07 Å². The van der Waals surface area contributed by atoms with E-state index >= 15 is 0 Å². The normalized spacial score (nSPS) is 12.5. The predicted molar refractivity (Wildman–Crippen MR) is 81.2 cm³/mol. The maximum absolute atomic E-state index is 3.78. The van der Waals surface area contributed by atoms with Crippen molar-refractivity contribution in [2.24, 2.45) is 0 Å². The average molecular weight is 246 g/mol. The number of allylic oxidation sites excluding steroid dienone is 1. The minimum atomic E-state index is -1.20. The Morgan fingerprint density at radius 3 is 1.94 bits per heavy atom. The van der Waals surface area contributed by atoms with Crippen LogP contribution in [0, 0.1) is 0 Å². The lowest BCUT2D eigenvalue weighted by Gasteiger charge is -2.37. The SMILES string of the molecule is C=CCc1ccc(C[Si](C)(C)C(C)(C)C)cc1. The van der Waals surface area contributed by atoms with Crippen molar-refractivity contribution in [3.8, 4) is 0 Å². The van der Waals surface area contributed by atoms with Crippen LogP contribution >= 0.6 is 0 Å². The maximum Gasteiger partial charge on any atom is 0.0571 e. The van der Waals surface area contributed by atoms with E-state index < -0.39 is 8.07 Å². The van der Waals surface area contributed by atoms with Crippen LogP contribution in [-0.4, -0.2) is 8.07 Å². The molecule has 0 amide bonds. The van der Waals surface area contributed by atoms with Gasteiger partial charge in [-0.3, -0.25) is 0 Å². The molecule has 1 rings (SSSR count). The van der Waals surface area contributed by atoms with Crippen molar-refractivity contribution in [1.82, 2.24) is 0 Å². The first-order valence-corrected chi connectivity index (χ1v) is 9.66. The van der Waals surface area contributed by atoms with Crippen molar-refractivity contribution < 1.29 is 0 Å². The van der Waals surface area contributed by atoms with Gasteiger partial charge in [-0.2, -0.15) is 0 Å². The van der Waals surface area contributed by atoms with E-state index in [1.807, 2.05) is 6.08 Å². The minimum absolute atomic E-state index is 0.465. The van der Waals surface area contributed by atoms with Gasteiger partial charge >= 0.3 is 0 Å². The molecule has 0 heterocycles. The van der Waals surface area contributed by atoms with Crippen LogP contribution < -0.4 is 0 Å². The van der Waals surface area contributed by atoms with E-state index in [0.717, 1.165) is 6.42 Å². The molecule has 0 aliphatic rings. The zero-order valence-corrected chi connectivity index (χ0v) is 13.0. The number of rotatable bonds is 4. The summed E-state index contributed by atoms with van der Waals surface area (Å²) in [5.41, 5.74) is 2.85. The second-order valence-electron chi connectivity index (χ2n) is 6.62. The molecule has 0 aliphatic heterocycles. The third kappa shape index (κ3) is 3.85. The van der Waals surface area contributed by atoms with Crippen molar-refractivity contribution in [2.75, 3.05) is 0 Å². The Morgan fingerprint density at radius 2 is 1.53 bits per heavy atom. The molecule has 0 spiro atoms. The Hall–Kier alpha value is -0.823. The van der Waals surface area contributed by atoms with Gasteiger partial charge in [0.1, 0.15) is 0 Å². The number of benzene rings is 1. The fourth-order valence-corrected chi connectivity index (χ4v) is 3.52. The highest BCUT2D eigenvalue weighted by Crippen LogP contribution is 2.37. The molecule has 1 aromatic rings. The quantitative estimate of drug-likeness (QED) is 0.518. The zero-order chi connectivity index (χ0) is 13.1. The molecular formula is C16H26Si. The molecule has 0 bridgehead atoms. The molecule has 0 saturated heterocycles. The lowest BCUT2D eigenvalue weighted by atomic mass is 10.1. The summed E-state index contributed by atoms with van der Waals surface area (Å²) < 4.78 is 0. The Morgan fingerprint density at radius 1 is 1.06 bits per heavy atom. The molecular weight excluding hydrogens is 220 g/mol. The molecule has 0 N–H and O–H groups in total. The molecule has 0 radical (unpaired) electrons. The zero-order valence-electron chi connectivity index (χ0n) is 12.0. The van der Waals surface area contributed by atoms with Crippen molar-refractivity contribution in [2.45, 2.75) is 51.4 Å². The van der Waals surface area contributed by atoms with Gasteiger partial charge in [0.25, 0.3) is 0 Å². The summed E-state index contributed by atoms with van der Waals surface area (Å²) in [5, 5.41) is 0.465. The molecule has 1 heteroatoms. The van der Waals surface area contributed by atoms with Gasteiger partial charge in [0, 0.05) is 0 Å². The molecule has 0 unspecified atom stereocenters. The van der Waals surface area contributed by atoms with E-state index in [2.05, 4.69) is 64.7 Å². The largest absolute Gasteiger partial charge is 0.103 e. The van der Waals surface area contributed by atoms with E-state index in [-0.39, 0.29) is 0 Å². The van der Waals surface area contributed by atoms with Crippen molar-refractivity contribution in [3.05, 3.63) is 48.0 Å². The monoisotopic (exact) mass is 246 g/mol. The smallest absolute Gasteiger partial charge is 0.0571 e. The molecule has 17 heavy (non-hydrogen) atoms. The van der Waals surface area contributed by atoms with Gasteiger partial charge in [-0.05, 0) is 23.1 Å². The first kappa shape index (κ1) is 14.2. The van der Waals surface area contributed by atoms with Crippen LogP contribution in [0.1, 0.15) is 31.9 Å². The van der Waals surface area contributed by atoms with Crippen LogP contribution in [-0.2, 0) is 12.5 Å². The van der Waals surface area contributed by atoms with E-state index in [1.54, 1.807) is 0 Å². The van der Waals surface area contributed by atoms with Crippen LogP contribution in [0.25, 0.3) is 0 Å². The first-order chi connectivity index (χ1) is 7.76. The Labute approximate surface area is 108 Å². The van der Waals surface area contributed by atoms with Crippen molar-refractivity contribution >= 4 is 8.07 Å². The first-order valence-electron chi connectivity index (χ1n) is 6.45. The Kier molecular flexibility index (Phi) is 4.37. The predicted octanol–water partition coefficient (Wildman–Crippen LogP) is 5.01. The van der Waals surface area contributed by atoms with Crippen LogP contribution in [0.3, 0.4) is 0 Å². The molecule has 94 valence electrons. The topological polar surface area (TPSA) is 0 Å². The van der Waals surface area contributed by atoms with Crippen molar-refractivity contribution in [3.63, 3.8) is 0 Å². The fraction of sp³-hybridized carbons (Fsp3) is 0.500.